The van der Waals surface area contributed by atoms with Gasteiger partial charge in [-0.2, -0.15) is 0 Å². The Balaban J connectivity index is 1.97. The molecule has 0 spiro atoms. The van der Waals surface area contributed by atoms with Crippen LogP contribution in [-0.2, 0) is 28.6 Å². The number of Topliss-reactive ketones (excluding diaryl/α,β-unsaturated/α-hetero) is 1. The lowest BCUT2D eigenvalue weighted by molar-refractivity contribution is -0.160. The lowest BCUT2D eigenvalue weighted by atomic mass is 9.78. The molecule has 0 saturated carbocycles. The number of aromatic hydroxyl groups is 3. The topological polar surface area (TPSA) is 223 Å². The second-order valence-corrected chi connectivity index (χ2v) is 14.7. The molecule has 2 aromatic rings. The predicted molar refractivity (Wildman–Crippen MR) is 212 cm³/mol. The molecule has 6 N–H and O–H groups in total. The number of benzene rings is 2. The molecule has 15 heteroatoms. The van der Waals surface area contributed by atoms with Crippen molar-refractivity contribution in [3.05, 3.63) is 65.0 Å². The Labute approximate surface area is 331 Å². The SMILES string of the molecule is C/C=C/CO/N=C/c1c2c(O)c3c(O)c(C)c4c(c3c1O)C(=O)[C@@](C)(O/C=C\[C@H](OC)[C@@H](C)[C@@H](OC(C)=O)[C@H](C)[C@H](O)[C@H](C)[C@@H](O)[C@@H](C)/C=C\C=C(\C)C(=O)N2)O4. The molecule has 0 aliphatic carbocycles. The standard InChI is InChI=1S/C42H54N2O13/c1-11-12-17-55-43-19-27-32-37(50)30-29(36(27)49)31-39(25(7)35(30)48)57-42(9,40(31)51)54-18-16-28(53-10)22(4)38(56-26(8)45)24(6)34(47)23(5)33(46)20(2)14-13-15-21(3)41(52)44-32/h11-16,18-20,22-24,28,33-34,38,46-50H,17H2,1-10H3,(H,44,52)/b12-11+,14-13-,18-16-,21-15-,43-19+/t20-,22+,23+,24+,28-,33-,34+,38+,42-/m0/s1. The van der Waals surface area contributed by atoms with E-state index in [1.807, 2.05) is 0 Å². The summed E-state index contributed by atoms with van der Waals surface area (Å²) in [7, 11) is 1.42. The molecule has 3 aliphatic rings. The molecule has 0 radical (unpaired) electrons. The number of fused-ring (bicyclic) bond motifs is 14. The number of phenols is 3. The largest absolute Gasteiger partial charge is 0.507 e. The van der Waals surface area contributed by atoms with Gasteiger partial charge < -0.3 is 54.6 Å². The summed E-state index contributed by atoms with van der Waals surface area (Å²) in [4.78, 5) is 45.4. The van der Waals surface area contributed by atoms with Gasteiger partial charge in [0.15, 0.2) is 5.75 Å². The third-order valence-corrected chi connectivity index (χ3v) is 10.7. The van der Waals surface area contributed by atoms with Crippen molar-refractivity contribution in [1.82, 2.24) is 0 Å². The highest BCUT2D eigenvalue weighted by Crippen LogP contribution is 2.55. The van der Waals surface area contributed by atoms with E-state index in [-0.39, 0.29) is 51.1 Å². The molecule has 5 bridgehead atoms. The number of anilines is 1. The van der Waals surface area contributed by atoms with Crippen molar-refractivity contribution >= 4 is 40.3 Å². The van der Waals surface area contributed by atoms with E-state index in [1.165, 1.54) is 53.2 Å². The minimum Gasteiger partial charge on any atom is -0.507 e. The van der Waals surface area contributed by atoms with Gasteiger partial charge in [-0.1, -0.05) is 57.2 Å². The molecule has 15 nitrogen and oxygen atoms in total. The minimum atomic E-state index is -2.06. The van der Waals surface area contributed by atoms with Crippen molar-refractivity contribution in [3.63, 3.8) is 0 Å². The van der Waals surface area contributed by atoms with Crippen LogP contribution in [0.1, 0.15) is 76.9 Å². The van der Waals surface area contributed by atoms with Gasteiger partial charge >= 0.3 is 11.8 Å². The predicted octanol–water partition coefficient (Wildman–Crippen LogP) is 5.68. The quantitative estimate of drug-likeness (QED) is 0.0395. The van der Waals surface area contributed by atoms with Crippen molar-refractivity contribution in [2.45, 2.75) is 92.5 Å². The first-order valence-electron chi connectivity index (χ1n) is 18.7. The second-order valence-electron chi connectivity index (χ2n) is 14.7. The number of rotatable bonds is 6. The maximum absolute atomic E-state index is 14.3. The smallest absolute Gasteiger partial charge is 0.312 e. The fraction of sp³-hybridized carbons (Fsp3) is 0.476. The van der Waals surface area contributed by atoms with Crippen LogP contribution in [0.15, 0.2) is 53.4 Å². The highest BCUT2D eigenvalue weighted by molar-refractivity contribution is 6.23. The zero-order valence-corrected chi connectivity index (χ0v) is 33.9. The third kappa shape index (κ3) is 8.95. The number of amides is 1. The van der Waals surface area contributed by atoms with Crippen LogP contribution >= 0.6 is 0 Å². The third-order valence-electron chi connectivity index (χ3n) is 10.7. The van der Waals surface area contributed by atoms with Crippen LogP contribution in [0, 0.1) is 30.6 Å². The Morgan fingerprint density at radius 1 is 0.982 bits per heavy atom. The Kier molecular flexibility index (Phi) is 14.2. The fourth-order valence-electron chi connectivity index (χ4n) is 7.14. The molecule has 0 fully saturated rings. The van der Waals surface area contributed by atoms with E-state index >= 15 is 0 Å². The van der Waals surface area contributed by atoms with Crippen molar-refractivity contribution in [2.24, 2.45) is 28.8 Å². The fourth-order valence-corrected chi connectivity index (χ4v) is 7.14. The zero-order chi connectivity index (χ0) is 42.5. The molecule has 3 heterocycles. The summed E-state index contributed by atoms with van der Waals surface area (Å²) in [6, 6.07) is 0. The van der Waals surface area contributed by atoms with Crippen LogP contribution in [-0.4, -0.2) is 93.3 Å². The van der Waals surface area contributed by atoms with Gasteiger partial charge in [0.05, 0.1) is 53.0 Å². The van der Waals surface area contributed by atoms with Gasteiger partial charge in [0.25, 0.3) is 11.7 Å². The van der Waals surface area contributed by atoms with Crippen LogP contribution in [0.4, 0.5) is 5.69 Å². The average molecular weight is 795 g/mol. The highest BCUT2D eigenvalue weighted by atomic mass is 16.7. The van der Waals surface area contributed by atoms with Crippen LogP contribution in [0.2, 0.25) is 0 Å². The Hall–Kier alpha value is -5.38. The normalized spacial score (nSPS) is 30.8. The number of methoxy groups -OCH3 is 1. The van der Waals surface area contributed by atoms with Gasteiger partial charge in [-0.05, 0) is 32.9 Å². The number of esters is 1. The van der Waals surface area contributed by atoms with E-state index in [9.17, 15) is 39.9 Å². The Bertz CT molecular complexity index is 2020. The molecule has 3 aliphatic heterocycles. The molecular weight excluding hydrogens is 740 g/mol. The Morgan fingerprint density at radius 2 is 1.67 bits per heavy atom. The molecule has 1 amide bonds. The van der Waals surface area contributed by atoms with E-state index in [4.69, 9.17) is 23.8 Å². The summed E-state index contributed by atoms with van der Waals surface area (Å²) in [5.74, 6) is -8.67. The molecule has 57 heavy (non-hydrogen) atoms. The van der Waals surface area contributed by atoms with Gasteiger partial charge in [-0.15, -0.1) is 0 Å². The van der Waals surface area contributed by atoms with Crippen LogP contribution in [0.25, 0.3) is 10.8 Å². The summed E-state index contributed by atoms with van der Waals surface area (Å²) in [6.07, 6.45) is 7.87. The number of allylic oxidation sites excluding steroid dienone is 3. The van der Waals surface area contributed by atoms with Gasteiger partial charge in [0, 0.05) is 61.2 Å². The summed E-state index contributed by atoms with van der Waals surface area (Å²) in [5, 5.41) is 63.7. The molecule has 0 aromatic heterocycles. The van der Waals surface area contributed by atoms with E-state index in [2.05, 4.69) is 10.5 Å². The average Bonchev–Trinajstić information content (AvgIpc) is 3.43. The van der Waals surface area contributed by atoms with Gasteiger partial charge in [-0.3, -0.25) is 14.4 Å². The number of carbonyl (C=O) groups excluding carboxylic acids is 3. The van der Waals surface area contributed by atoms with Crippen molar-refractivity contribution < 1.29 is 63.7 Å². The molecule has 310 valence electrons. The van der Waals surface area contributed by atoms with Gasteiger partial charge in [0.1, 0.15) is 30.0 Å². The molecule has 0 unspecified atom stereocenters. The molecule has 5 rings (SSSR count). The van der Waals surface area contributed by atoms with E-state index in [1.54, 1.807) is 58.9 Å². The van der Waals surface area contributed by atoms with Crippen LogP contribution in [0.3, 0.4) is 0 Å². The summed E-state index contributed by atoms with van der Waals surface area (Å²) < 4.78 is 23.4. The van der Waals surface area contributed by atoms with Crippen molar-refractivity contribution in [1.29, 1.82) is 0 Å². The number of aliphatic hydroxyl groups excluding tert-OH is 2. The van der Waals surface area contributed by atoms with E-state index in [0.717, 1.165) is 6.21 Å². The van der Waals surface area contributed by atoms with Gasteiger partial charge in [-0.25, -0.2) is 0 Å². The molecular formula is C42H54N2O13. The maximum Gasteiger partial charge on any atom is 0.312 e. The first-order chi connectivity index (χ1) is 26.8. The van der Waals surface area contributed by atoms with E-state index in [0.29, 0.717) is 0 Å². The number of nitrogens with one attached hydrogen (secondary N) is 1. The lowest BCUT2D eigenvalue weighted by Gasteiger charge is -2.38. The number of oxime groups is 1. The zero-order valence-electron chi connectivity index (χ0n) is 33.9. The van der Waals surface area contributed by atoms with Crippen molar-refractivity contribution in [2.75, 3.05) is 19.0 Å². The number of ether oxygens (including phenoxy) is 4. The molecule has 9 atom stereocenters. The number of hydrogen-bond donors (Lipinski definition) is 6. The van der Waals surface area contributed by atoms with Crippen molar-refractivity contribution in [3.8, 4) is 23.0 Å². The molecule has 2 aromatic carbocycles. The molecule has 0 saturated heterocycles. The number of nitrogens with zero attached hydrogens (tertiary/aromatic N) is 1. The highest BCUT2D eigenvalue weighted by Gasteiger charge is 2.50. The number of carbonyl (C=O) groups is 3. The number of ketones is 1. The van der Waals surface area contributed by atoms with Crippen LogP contribution in [0.5, 0.6) is 23.0 Å². The Morgan fingerprint density at radius 3 is 2.30 bits per heavy atom. The maximum atomic E-state index is 14.3. The first-order valence-corrected chi connectivity index (χ1v) is 18.7. The minimum absolute atomic E-state index is 0.0302. The first kappa shape index (κ1) is 44.3. The second kappa shape index (κ2) is 18.3. The monoisotopic (exact) mass is 794 g/mol. The number of hydrogen-bond acceptors (Lipinski definition) is 14. The van der Waals surface area contributed by atoms with Gasteiger partial charge in [0.2, 0.25) is 0 Å². The summed E-state index contributed by atoms with van der Waals surface area (Å²) in [5.41, 5.74) is -0.647. The van der Waals surface area contributed by atoms with Crippen LogP contribution < -0.4 is 10.1 Å². The summed E-state index contributed by atoms with van der Waals surface area (Å²) >= 11 is 0. The number of aliphatic hydroxyl groups is 2. The summed E-state index contributed by atoms with van der Waals surface area (Å²) in [6.45, 7) is 14.2. The lowest BCUT2D eigenvalue weighted by Crippen LogP contribution is -2.46. The van der Waals surface area contributed by atoms with E-state index < -0.39 is 88.8 Å². The number of phenolic OH excluding ortho intramolecular Hbond substituents is 3.